The van der Waals surface area contributed by atoms with Crippen molar-refractivity contribution in [2.45, 2.75) is 39.7 Å². The number of carbonyl (C=O) groups excluding carboxylic acids is 2. The molecule has 4 aromatic rings. The monoisotopic (exact) mass is 481 g/mol. The van der Waals surface area contributed by atoms with Crippen LogP contribution in [0.4, 0.5) is 0 Å². The fourth-order valence-electron chi connectivity index (χ4n) is 3.41. The number of fused-ring (bicyclic) bond motifs is 1. The highest BCUT2D eigenvalue weighted by atomic mass is 32.1. The summed E-state index contributed by atoms with van der Waals surface area (Å²) in [5, 5.41) is 7.87. The van der Waals surface area contributed by atoms with Crippen LogP contribution in [0.15, 0.2) is 46.6 Å². The summed E-state index contributed by atoms with van der Waals surface area (Å²) in [5.74, 6) is -1.05. The molecule has 1 aromatic carbocycles. The summed E-state index contributed by atoms with van der Waals surface area (Å²) in [4.78, 5) is 44.3. The highest BCUT2D eigenvalue weighted by molar-refractivity contribution is 7.22. The lowest BCUT2D eigenvalue weighted by Gasteiger charge is -2.11. The quantitative estimate of drug-likeness (QED) is 0.305. The minimum atomic E-state index is -0.593. The van der Waals surface area contributed by atoms with Crippen molar-refractivity contribution in [3.63, 3.8) is 0 Å². The molecule has 4 rings (SSSR count). The summed E-state index contributed by atoms with van der Waals surface area (Å²) < 4.78 is 1.33. The molecule has 0 aliphatic heterocycles. The smallest absolute Gasteiger partial charge is 0.267 e. The number of unbranched alkanes of at least 4 members (excludes halogenated alkanes) is 2. The zero-order chi connectivity index (χ0) is 23.4. The van der Waals surface area contributed by atoms with E-state index in [0.29, 0.717) is 27.9 Å². The molecule has 0 aliphatic rings. The molecule has 2 N–H and O–H groups in total. The second kappa shape index (κ2) is 10.1. The van der Waals surface area contributed by atoms with Gasteiger partial charge in [-0.3, -0.25) is 25.2 Å². The van der Waals surface area contributed by atoms with Gasteiger partial charge in [-0.05, 0) is 30.9 Å². The highest BCUT2D eigenvalue weighted by Gasteiger charge is 2.20. The molecule has 3 heterocycles. The Morgan fingerprint density at radius 2 is 1.79 bits per heavy atom. The number of hydrogen-bond donors (Lipinski definition) is 2. The zero-order valence-electron chi connectivity index (χ0n) is 18.3. The number of carbonyl (C=O) groups is 2. The van der Waals surface area contributed by atoms with Crippen molar-refractivity contribution in [3.05, 3.63) is 68.4 Å². The van der Waals surface area contributed by atoms with Crippen LogP contribution in [0.3, 0.4) is 0 Å². The average molecular weight is 482 g/mol. The number of amides is 2. The van der Waals surface area contributed by atoms with Gasteiger partial charge in [-0.2, -0.15) is 5.10 Å². The van der Waals surface area contributed by atoms with E-state index >= 15 is 0 Å². The SMILES string of the molecule is CCCCCn1nc(C(=O)NNC(=O)c2sc(-c3cccs3)nc2C)c2ccccc2c1=O. The Labute approximate surface area is 198 Å². The average Bonchev–Trinajstić information content (AvgIpc) is 3.49. The summed E-state index contributed by atoms with van der Waals surface area (Å²) in [6.45, 7) is 4.26. The largest absolute Gasteiger partial charge is 0.290 e. The molecule has 0 unspecified atom stereocenters. The first-order valence-electron chi connectivity index (χ1n) is 10.6. The molecule has 170 valence electrons. The molecule has 2 amide bonds. The van der Waals surface area contributed by atoms with Gasteiger partial charge in [0.25, 0.3) is 17.4 Å². The van der Waals surface area contributed by atoms with E-state index in [-0.39, 0.29) is 11.3 Å². The van der Waals surface area contributed by atoms with Gasteiger partial charge in [0.15, 0.2) is 5.69 Å². The maximum atomic E-state index is 13.0. The molecule has 0 aliphatic carbocycles. The van der Waals surface area contributed by atoms with Crippen LogP contribution in [0.1, 0.15) is 52.0 Å². The van der Waals surface area contributed by atoms with Crippen LogP contribution >= 0.6 is 22.7 Å². The number of aryl methyl sites for hydroxylation is 2. The molecule has 3 aromatic heterocycles. The van der Waals surface area contributed by atoms with Crippen molar-refractivity contribution < 1.29 is 9.59 Å². The van der Waals surface area contributed by atoms with Gasteiger partial charge in [0.2, 0.25) is 0 Å². The minimum Gasteiger partial charge on any atom is -0.267 e. The summed E-state index contributed by atoms with van der Waals surface area (Å²) in [7, 11) is 0. The standard InChI is InChI=1S/C23H23N5O3S2/c1-3-4-7-12-28-23(31)16-10-6-5-9-15(16)18(27-28)20(29)25-26-21(30)19-14(2)24-22(33-19)17-11-8-13-32-17/h5-6,8-11,13H,3-4,7,12H2,1-2H3,(H,25,29)(H,26,30). The summed E-state index contributed by atoms with van der Waals surface area (Å²) in [6, 6.07) is 10.7. The van der Waals surface area contributed by atoms with Gasteiger partial charge < -0.3 is 0 Å². The Morgan fingerprint density at radius 3 is 2.52 bits per heavy atom. The van der Waals surface area contributed by atoms with E-state index in [1.165, 1.54) is 16.0 Å². The number of nitrogens with one attached hydrogen (secondary N) is 2. The number of nitrogens with zero attached hydrogens (tertiary/aromatic N) is 3. The van der Waals surface area contributed by atoms with Crippen molar-refractivity contribution in [2.75, 3.05) is 0 Å². The Hall–Kier alpha value is -3.37. The third-order valence-corrected chi connectivity index (χ3v) is 7.28. The molecule has 0 saturated heterocycles. The fraction of sp³-hybridized carbons (Fsp3) is 0.261. The van der Waals surface area contributed by atoms with Gasteiger partial charge in [-0.1, -0.05) is 44.0 Å². The first kappa shape index (κ1) is 22.8. The Bertz CT molecular complexity index is 1360. The first-order valence-corrected chi connectivity index (χ1v) is 12.3. The van der Waals surface area contributed by atoms with Crippen LogP contribution in [-0.4, -0.2) is 26.6 Å². The molecule has 0 radical (unpaired) electrons. The van der Waals surface area contributed by atoms with Gasteiger partial charge in [0.05, 0.1) is 16.0 Å². The van der Waals surface area contributed by atoms with Crippen LogP contribution in [0.2, 0.25) is 0 Å². The van der Waals surface area contributed by atoms with E-state index in [2.05, 4.69) is 27.9 Å². The van der Waals surface area contributed by atoms with E-state index in [0.717, 1.165) is 29.1 Å². The molecule has 0 atom stereocenters. The van der Waals surface area contributed by atoms with Crippen molar-refractivity contribution in [1.29, 1.82) is 0 Å². The molecule has 0 bridgehead atoms. The van der Waals surface area contributed by atoms with Crippen molar-refractivity contribution in [1.82, 2.24) is 25.6 Å². The van der Waals surface area contributed by atoms with Gasteiger partial charge in [0.1, 0.15) is 9.88 Å². The molecule has 0 fully saturated rings. The lowest BCUT2D eigenvalue weighted by Crippen LogP contribution is -2.42. The van der Waals surface area contributed by atoms with E-state index in [1.807, 2.05) is 17.5 Å². The van der Waals surface area contributed by atoms with E-state index in [1.54, 1.807) is 42.5 Å². The lowest BCUT2D eigenvalue weighted by atomic mass is 10.1. The Kier molecular flexibility index (Phi) is 6.95. The fourth-order valence-corrected chi connectivity index (χ4v) is 5.17. The van der Waals surface area contributed by atoms with Crippen LogP contribution in [-0.2, 0) is 6.54 Å². The Morgan fingerprint density at radius 1 is 1.03 bits per heavy atom. The van der Waals surface area contributed by atoms with Gasteiger partial charge in [-0.15, -0.1) is 22.7 Å². The lowest BCUT2D eigenvalue weighted by molar-refractivity contribution is 0.0845. The van der Waals surface area contributed by atoms with Crippen LogP contribution < -0.4 is 16.4 Å². The third kappa shape index (κ3) is 4.86. The highest BCUT2D eigenvalue weighted by Crippen LogP contribution is 2.30. The van der Waals surface area contributed by atoms with Gasteiger partial charge in [0, 0.05) is 11.9 Å². The second-order valence-electron chi connectivity index (χ2n) is 7.45. The van der Waals surface area contributed by atoms with Gasteiger partial charge in [-0.25, -0.2) is 9.67 Å². The maximum absolute atomic E-state index is 13.0. The predicted molar refractivity (Wildman–Crippen MR) is 131 cm³/mol. The number of aromatic nitrogens is 3. The predicted octanol–water partition coefficient (Wildman–Crippen LogP) is 4.15. The van der Waals surface area contributed by atoms with Crippen LogP contribution in [0.5, 0.6) is 0 Å². The molecular formula is C23H23N5O3S2. The van der Waals surface area contributed by atoms with E-state index < -0.39 is 11.8 Å². The summed E-state index contributed by atoms with van der Waals surface area (Å²) in [6.07, 6.45) is 2.75. The number of thiazole rings is 1. The molecule has 0 saturated carbocycles. The second-order valence-corrected chi connectivity index (χ2v) is 9.40. The maximum Gasteiger partial charge on any atom is 0.290 e. The molecule has 8 nitrogen and oxygen atoms in total. The van der Waals surface area contributed by atoms with Crippen LogP contribution in [0, 0.1) is 6.92 Å². The minimum absolute atomic E-state index is 0.0855. The van der Waals surface area contributed by atoms with Crippen molar-refractivity contribution in [3.8, 4) is 9.88 Å². The number of benzene rings is 1. The number of hydrazine groups is 1. The van der Waals surface area contributed by atoms with Crippen molar-refractivity contribution >= 4 is 45.3 Å². The molecular weight excluding hydrogens is 458 g/mol. The molecule has 10 heteroatoms. The zero-order valence-corrected chi connectivity index (χ0v) is 19.9. The van der Waals surface area contributed by atoms with Crippen LogP contribution in [0.25, 0.3) is 20.7 Å². The van der Waals surface area contributed by atoms with Gasteiger partial charge >= 0.3 is 0 Å². The number of thiophene rings is 1. The number of rotatable bonds is 7. The molecule has 33 heavy (non-hydrogen) atoms. The van der Waals surface area contributed by atoms with E-state index in [9.17, 15) is 14.4 Å². The topological polar surface area (TPSA) is 106 Å². The third-order valence-electron chi connectivity index (χ3n) is 5.08. The normalized spacial score (nSPS) is 11.0. The summed E-state index contributed by atoms with van der Waals surface area (Å²) in [5.41, 5.74) is 5.33. The Balaban J connectivity index is 1.55. The van der Waals surface area contributed by atoms with Crippen molar-refractivity contribution in [2.24, 2.45) is 0 Å². The molecule has 0 spiro atoms. The first-order chi connectivity index (χ1) is 16.0. The summed E-state index contributed by atoms with van der Waals surface area (Å²) >= 11 is 2.81. The van der Waals surface area contributed by atoms with E-state index in [4.69, 9.17) is 0 Å². The number of hydrogen-bond acceptors (Lipinski definition) is 7.